The highest BCUT2D eigenvalue weighted by molar-refractivity contribution is 5.75. The molecule has 0 rings (SSSR count). The first-order chi connectivity index (χ1) is 16.7. The lowest BCUT2D eigenvalue weighted by molar-refractivity contribution is -0.143. The fraction of sp³-hybridized carbons (Fsp3) is 0.821. The summed E-state index contributed by atoms with van der Waals surface area (Å²) >= 11 is 0. The summed E-state index contributed by atoms with van der Waals surface area (Å²) in [5, 5.41) is 34.1. The number of carbonyl (C=O) groups is 3. The number of aliphatic hydroxyl groups is 1. The molecule has 0 unspecified atom stereocenters. The van der Waals surface area contributed by atoms with Crippen molar-refractivity contribution in [2.24, 2.45) is 0 Å². The van der Waals surface area contributed by atoms with Crippen molar-refractivity contribution in [3.05, 3.63) is 12.2 Å². The molecule has 0 bridgehead atoms. The van der Waals surface area contributed by atoms with Gasteiger partial charge in [-0.1, -0.05) is 104 Å². The molecule has 208 valence electrons. The molecule has 0 saturated heterocycles. The SMILES string of the molecule is CCCCCC.CCCCCC[C@@H](O)C/C=C\CCCCCCCC(=O)O.O=C(O)CCC(=O)O. The zero-order valence-corrected chi connectivity index (χ0v) is 22.7. The quantitative estimate of drug-likeness (QED) is 0.0938. The normalized spacial score (nSPS) is 11.2. The summed E-state index contributed by atoms with van der Waals surface area (Å²) in [4.78, 5) is 29.6. The standard InChI is InChI=1S/C18H34O3.C6H14.C4H6O4/c1-2-3-4-11-14-17(19)15-12-9-7-5-6-8-10-13-16-18(20)21;1-3-5-6-4-2;5-3(6)1-2-4(7)8/h9,12,17,19H,2-8,10-11,13-16H2,1H3,(H,20,21);3-6H2,1-2H3;1-2H2,(H,5,6)(H,7,8)/b12-9-;;/t17-;;/m1../s1. The summed E-state index contributed by atoms with van der Waals surface area (Å²) in [6, 6.07) is 0. The number of carboxylic acids is 3. The van der Waals surface area contributed by atoms with Crippen molar-refractivity contribution in [1.82, 2.24) is 0 Å². The van der Waals surface area contributed by atoms with E-state index in [2.05, 4.69) is 32.9 Å². The molecule has 7 nitrogen and oxygen atoms in total. The molecule has 0 heterocycles. The summed E-state index contributed by atoms with van der Waals surface area (Å²) in [7, 11) is 0. The maximum Gasteiger partial charge on any atom is 0.303 e. The Balaban J connectivity index is -0.000000595. The minimum absolute atomic E-state index is 0.172. The largest absolute Gasteiger partial charge is 0.481 e. The minimum atomic E-state index is -1.08. The van der Waals surface area contributed by atoms with E-state index in [9.17, 15) is 19.5 Å². The third kappa shape index (κ3) is 46.2. The molecule has 7 heteroatoms. The molecule has 0 saturated carbocycles. The number of hydrogen-bond acceptors (Lipinski definition) is 4. The van der Waals surface area contributed by atoms with Gasteiger partial charge in [-0.2, -0.15) is 0 Å². The summed E-state index contributed by atoms with van der Waals surface area (Å²) in [6.07, 6.45) is 22.3. The third-order valence-corrected chi connectivity index (χ3v) is 5.24. The number of aliphatic carboxylic acids is 3. The Kier molecular flexibility index (Phi) is 34.5. The molecule has 0 aromatic heterocycles. The monoisotopic (exact) mass is 502 g/mol. The fourth-order valence-electron chi connectivity index (χ4n) is 3.08. The van der Waals surface area contributed by atoms with Crippen molar-refractivity contribution in [1.29, 1.82) is 0 Å². The molecule has 0 aliphatic rings. The molecular formula is C28H54O7. The first kappa shape index (κ1) is 37.7. The molecule has 4 N–H and O–H groups in total. The van der Waals surface area contributed by atoms with Crippen LogP contribution in [0.2, 0.25) is 0 Å². The van der Waals surface area contributed by atoms with Crippen molar-refractivity contribution in [3.8, 4) is 0 Å². The van der Waals surface area contributed by atoms with E-state index in [1.807, 2.05) is 0 Å². The Morgan fingerprint density at radius 3 is 1.49 bits per heavy atom. The van der Waals surface area contributed by atoms with Crippen molar-refractivity contribution >= 4 is 17.9 Å². The van der Waals surface area contributed by atoms with E-state index in [1.165, 1.54) is 51.4 Å². The van der Waals surface area contributed by atoms with Gasteiger partial charge in [0.25, 0.3) is 0 Å². The number of unbranched alkanes of at least 4 members (excludes halogenated alkanes) is 11. The molecule has 0 fully saturated rings. The molecule has 0 amide bonds. The van der Waals surface area contributed by atoms with Crippen LogP contribution in [0.15, 0.2) is 12.2 Å². The van der Waals surface area contributed by atoms with Crippen molar-refractivity contribution in [2.45, 2.75) is 149 Å². The van der Waals surface area contributed by atoms with E-state index in [4.69, 9.17) is 15.3 Å². The van der Waals surface area contributed by atoms with Crippen LogP contribution in [0, 0.1) is 0 Å². The van der Waals surface area contributed by atoms with Gasteiger partial charge >= 0.3 is 17.9 Å². The number of aliphatic hydroxyl groups excluding tert-OH is 1. The Morgan fingerprint density at radius 2 is 1.00 bits per heavy atom. The summed E-state index contributed by atoms with van der Waals surface area (Å²) < 4.78 is 0. The first-order valence-corrected chi connectivity index (χ1v) is 13.7. The smallest absolute Gasteiger partial charge is 0.303 e. The molecule has 0 spiro atoms. The second-order valence-electron chi connectivity index (χ2n) is 8.91. The van der Waals surface area contributed by atoms with Gasteiger partial charge in [0.05, 0.1) is 18.9 Å². The molecule has 1 atom stereocenters. The van der Waals surface area contributed by atoms with Crippen molar-refractivity contribution in [2.75, 3.05) is 0 Å². The molecule has 35 heavy (non-hydrogen) atoms. The molecule has 0 aliphatic carbocycles. The van der Waals surface area contributed by atoms with Gasteiger partial charge in [0, 0.05) is 6.42 Å². The third-order valence-electron chi connectivity index (χ3n) is 5.24. The lowest BCUT2D eigenvalue weighted by atomic mass is 10.1. The Labute approximate surface area is 214 Å². The van der Waals surface area contributed by atoms with Crippen LogP contribution in [-0.2, 0) is 14.4 Å². The number of allylic oxidation sites excluding steroid dienone is 1. The zero-order valence-electron chi connectivity index (χ0n) is 22.7. The molecule has 0 aromatic rings. The average Bonchev–Trinajstić information content (AvgIpc) is 2.81. The number of rotatable bonds is 21. The minimum Gasteiger partial charge on any atom is -0.481 e. The Bertz CT molecular complexity index is 486. The fourth-order valence-corrected chi connectivity index (χ4v) is 3.08. The van der Waals surface area contributed by atoms with Gasteiger partial charge in [0.15, 0.2) is 0 Å². The summed E-state index contributed by atoms with van der Waals surface area (Å²) in [5.74, 6) is -2.84. The highest BCUT2D eigenvalue weighted by Crippen LogP contribution is 2.10. The van der Waals surface area contributed by atoms with Gasteiger partial charge in [0.2, 0.25) is 0 Å². The second-order valence-corrected chi connectivity index (χ2v) is 8.91. The lowest BCUT2D eigenvalue weighted by Gasteiger charge is -2.07. The van der Waals surface area contributed by atoms with Crippen LogP contribution in [0.4, 0.5) is 0 Å². The van der Waals surface area contributed by atoms with Crippen LogP contribution in [-0.4, -0.2) is 44.4 Å². The van der Waals surface area contributed by atoms with Gasteiger partial charge in [-0.05, 0) is 32.1 Å². The van der Waals surface area contributed by atoms with E-state index in [-0.39, 0.29) is 18.9 Å². The van der Waals surface area contributed by atoms with Gasteiger partial charge in [0.1, 0.15) is 0 Å². The van der Waals surface area contributed by atoms with Crippen LogP contribution >= 0.6 is 0 Å². The second kappa shape index (κ2) is 32.1. The molecular weight excluding hydrogens is 448 g/mol. The van der Waals surface area contributed by atoms with Crippen molar-refractivity contribution in [3.63, 3.8) is 0 Å². The van der Waals surface area contributed by atoms with Crippen LogP contribution < -0.4 is 0 Å². The highest BCUT2D eigenvalue weighted by Gasteiger charge is 2.01. The number of carboxylic acid groups (broad SMARTS) is 3. The molecule has 0 aromatic carbocycles. The first-order valence-electron chi connectivity index (χ1n) is 13.7. The van der Waals surface area contributed by atoms with E-state index in [0.717, 1.165) is 51.4 Å². The van der Waals surface area contributed by atoms with E-state index < -0.39 is 17.9 Å². The van der Waals surface area contributed by atoms with Gasteiger partial charge in [-0.15, -0.1) is 0 Å². The molecule has 0 radical (unpaired) electrons. The molecule has 0 aliphatic heterocycles. The van der Waals surface area contributed by atoms with Crippen LogP contribution in [0.3, 0.4) is 0 Å². The predicted octanol–water partition coefficient (Wildman–Crippen LogP) is 7.60. The Hall–Kier alpha value is -1.89. The van der Waals surface area contributed by atoms with Gasteiger partial charge in [-0.25, -0.2) is 0 Å². The highest BCUT2D eigenvalue weighted by atomic mass is 16.4. The van der Waals surface area contributed by atoms with Gasteiger partial charge < -0.3 is 20.4 Å². The maximum atomic E-state index is 10.3. The van der Waals surface area contributed by atoms with Gasteiger partial charge in [-0.3, -0.25) is 14.4 Å². The topological polar surface area (TPSA) is 132 Å². The van der Waals surface area contributed by atoms with E-state index in [0.29, 0.717) is 6.42 Å². The summed E-state index contributed by atoms with van der Waals surface area (Å²) in [6.45, 7) is 6.66. The van der Waals surface area contributed by atoms with E-state index >= 15 is 0 Å². The maximum absolute atomic E-state index is 10.3. The van der Waals surface area contributed by atoms with Crippen molar-refractivity contribution < 1.29 is 34.8 Å². The predicted molar refractivity (Wildman–Crippen MR) is 143 cm³/mol. The average molecular weight is 503 g/mol. The van der Waals surface area contributed by atoms with Crippen LogP contribution in [0.1, 0.15) is 143 Å². The lowest BCUT2D eigenvalue weighted by Crippen LogP contribution is -2.04. The zero-order chi connectivity index (χ0) is 27.2. The number of hydrogen-bond donors (Lipinski definition) is 4. The Morgan fingerprint density at radius 1 is 0.571 bits per heavy atom. The van der Waals surface area contributed by atoms with Crippen LogP contribution in [0.25, 0.3) is 0 Å². The van der Waals surface area contributed by atoms with E-state index in [1.54, 1.807) is 0 Å². The summed E-state index contributed by atoms with van der Waals surface area (Å²) in [5.41, 5.74) is 0. The van der Waals surface area contributed by atoms with Crippen LogP contribution in [0.5, 0.6) is 0 Å².